The van der Waals surface area contributed by atoms with Gasteiger partial charge in [0.05, 0.1) is 24.0 Å². The van der Waals surface area contributed by atoms with Crippen LogP contribution in [-0.4, -0.2) is 30.7 Å². The smallest absolute Gasteiger partial charge is 0.303 e. The molecule has 3 aromatic rings. The number of carboxylic acids is 1. The Hall–Kier alpha value is -2.63. The van der Waals surface area contributed by atoms with E-state index >= 15 is 0 Å². The Morgan fingerprint density at radius 1 is 1.37 bits per heavy atom. The van der Waals surface area contributed by atoms with Crippen molar-refractivity contribution in [2.45, 2.75) is 12.8 Å². The van der Waals surface area contributed by atoms with Gasteiger partial charge in [0, 0.05) is 24.4 Å². The Kier molecular flexibility index (Phi) is 2.75. The number of nitrogens with one attached hydrogen (secondary N) is 1. The zero-order chi connectivity index (χ0) is 13.2. The van der Waals surface area contributed by atoms with Gasteiger partial charge in [-0.2, -0.15) is 5.10 Å². The standard InChI is InChI=1S/C13H12N4O2/c18-13(19)4-1-10-8-17-12(15-10)3-2-11(16-17)9-5-6-14-7-9/h2-3,5-8,14H,1,4H2,(H,18,19). The number of H-pyrrole nitrogens is 1. The number of imidazole rings is 1. The fraction of sp³-hybridized carbons (Fsp3) is 0.154. The van der Waals surface area contributed by atoms with Crippen LogP contribution >= 0.6 is 0 Å². The molecule has 0 aromatic carbocycles. The first-order valence-electron chi connectivity index (χ1n) is 5.92. The van der Waals surface area contributed by atoms with E-state index in [1.165, 1.54) is 0 Å². The van der Waals surface area contributed by atoms with Gasteiger partial charge in [-0.3, -0.25) is 4.79 Å². The number of aryl methyl sites for hydroxylation is 1. The van der Waals surface area contributed by atoms with Gasteiger partial charge in [0.15, 0.2) is 5.65 Å². The quantitative estimate of drug-likeness (QED) is 0.744. The summed E-state index contributed by atoms with van der Waals surface area (Å²) in [6.45, 7) is 0. The van der Waals surface area contributed by atoms with Crippen LogP contribution in [0.25, 0.3) is 16.9 Å². The number of aromatic amines is 1. The molecule has 0 radical (unpaired) electrons. The maximum absolute atomic E-state index is 10.5. The summed E-state index contributed by atoms with van der Waals surface area (Å²) in [4.78, 5) is 17.9. The molecule has 0 saturated heterocycles. The fourth-order valence-corrected chi connectivity index (χ4v) is 1.92. The van der Waals surface area contributed by atoms with Crippen molar-refractivity contribution in [3.63, 3.8) is 0 Å². The highest BCUT2D eigenvalue weighted by atomic mass is 16.4. The number of nitrogens with zero attached hydrogens (tertiary/aromatic N) is 3. The average Bonchev–Trinajstić information content (AvgIpc) is 3.04. The summed E-state index contributed by atoms with van der Waals surface area (Å²) in [5, 5.41) is 13.1. The lowest BCUT2D eigenvalue weighted by atomic mass is 10.2. The van der Waals surface area contributed by atoms with E-state index in [0.29, 0.717) is 6.42 Å². The molecule has 0 aliphatic heterocycles. The van der Waals surface area contributed by atoms with Crippen molar-refractivity contribution in [2.24, 2.45) is 0 Å². The molecule has 0 aliphatic carbocycles. The van der Waals surface area contributed by atoms with Crippen molar-refractivity contribution < 1.29 is 9.90 Å². The zero-order valence-corrected chi connectivity index (χ0v) is 10.1. The normalized spacial score (nSPS) is 10.9. The molecule has 0 fully saturated rings. The van der Waals surface area contributed by atoms with E-state index in [9.17, 15) is 4.79 Å². The predicted molar refractivity (Wildman–Crippen MR) is 68.7 cm³/mol. The van der Waals surface area contributed by atoms with Crippen LogP contribution in [0, 0.1) is 0 Å². The van der Waals surface area contributed by atoms with Crippen molar-refractivity contribution in [1.82, 2.24) is 19.6 Å². The second-order valence-corrected chi connectivity index (χ2v) is 4.25. The van der Waals surface area contributed by atoms with Gasteiger partial charge in [0.25, 0.3) is 0 Å². The number of rotatable bonds is 4. The van der Waals surface area contributed by atoms with Crippen LogP contribution in [0.1, 0.15) is 12.1 Å². The van der Waals surface area contributed by atoms with Gasteiger partial charge in [0.1, 0.15) is 0 Å². The van der Waals surface area contributed by atoms with Gasteiger partial charge in [0.2, 0.25) is 0 Å². The summed E-state index contributed by atoms with van der Waals surface area (Å²) in [6, 6.07) is 5.71. The SMILES string of the molecule is O=C(O)CCc1cn2nc(-c3cc[nH]c3)ccc2n1. The molecule has 96 valence electrons. The van der Waals surface area contributed by atoms with Crippen LogP contribution in [0.3, 0.4) is 0 Å². The maximum Gasteiger partial charge on any atom is 0.303 e. The molecule has 19 heavy (non-hydrogen) atoms. The highest BCUT2D eigenvalue weighted by Gasteiger charge is 2.07. The maximum atomic E-state index is 10.5. The van der Waals surface area contributed by atoms with E-state index in [-0.39, 0.29) is 6.42 Å². The van der Waals surface area contributed by atoms with Crippen molar-refractivity contribution in [2.75, 3.05) is 0 Å². The Balaban J connectivity index is 1.93. The second-order valence-electron chi connectivity index (χ2n) is 4.25. The van der Waals surface area contributed by atoms with Crippen LogP contribution in [0.15, 0.2) is 36.8 Å². The Morgan fingerprint density at radius 3 is 3.00 bits per heavy atom. The van der Waals surface area contributed by atoms with Crippen molar-refractivity contribution in [3.05, 3.63) is 42.5 Å². The molecule has 2 N–H and O–H groups in total. The molecule has 6 nitrogen and oxygen atoms in total. The van der Waals surface area contributed by atoms with Crippen molar-refractivity contribution in [3.8, 4) is 11.3 Å². The molecule has 0 unspecified atom stereocenters. The minimum atomic E-state index is -0.821. The van der Waals surface area contributed by atoms with Gasteiger partial charge in [-0.05, 0) is 18.2 Å². The number of aromatic nitrogens is 4. The molecule has 3 aromatic heterocycles. The first-order valence-corrected chi connectivity index (χ1v) is 5.92. The monoisotopic (exact) mass is 256 g/mol. The largest absolute Gasteiger partial charge is 0.481 e. The van der Waals surface area contributed by atoms with E-state index in [4.69, 9.17) is 5.11 Å². The second kappa shape index (κ2) is 4.56. The molecule has 0 aliphatic rings. The van der Waals surface area contributed by atoms with Crippen LogP contribution < -0.4 is 0 Å². The van der Waals surface area contributed by atoms with E-state index in [1.54, 1.807) is 10.7 Å². The summed E-state index contributed by atoms with van der Waals surface area (Å²) in [5.41, 5.74) is 3.31. The van der Waals surface area contributed by atoms with Gasteiger partial charge in [-0.1, -0.05) is 0 Å². The summed E-state index contributed by atoms with van der Waals surface area (Å²) in [5.74, 6) is -0.821. The molecule has 3 rings (SSSR count). The number of carboxylic acid groups (broad SMARTS) is 1. The third-order valence-electron chi connectivity index (χ3n) is 2.86. The van der Waals surface area contributed by atoms with Gasteiger partial charge < -0.3 is 10.1 Å². The van der Waals surface area contributed by atoms with Crippen LogP contribution in [-0.2, 0) is 11.2 Å². The Bertz CT molecular complexity index is 715. The predicted octanol–water partition coefficient (Wildman–Crippen LogP) is 1.74. The number of hydrogen-bond donors (Lipinski definition) is 2. The molecular weight excluding hydrogens is 244 g/mol. The van der Waals surface area contributed by atoms with E-state index in [2.05, 4.69) is 15.1 Å². The first kappa shape index (κ1) is 11.5. The highest BCUT2D eigenvalue weighted by molar-refractivity contribution is 5.67. The van der Waals surface area contributed by atoms with Gasteiger partial charge in [-0.25, -0.2) is 9.50 Å². The van der Waals surface area contributed by atoms with Gasteiger partial charge >= 0.3 is 5.97 Å². The number of carbonyl (C=O) groups is 1. The van der Waals surface area contributed by atoms with E-state index < -0.39 is 5.97 Å². The summed E-state index contributed by atoms with van der Waals surface area (Å²) >= 11 is 0. The van der Waals surface area contributed by atoms with Crippen molar-refractivity contribution >= 4 is 11.6 Å². The summed E-state index contributed by atoms with van der Waals surface area (Å²) in [7, 11) is 0. The number of hydrogen-bond acceptors (Lipinski definition) is 3. The van der Waals surface area contributed by atoms with Crippen LogP contribution in [0.2, 0.25) is 0 Å². The van der Waals surface area contributed by atoms with Gasteiger partial charge in [-0.15, -0.1) is 0 Å². The topological polar surface area (TPSA) is 83.3 Å². The first-order chi connectivity index (χ1) is 9.22. The molecule has 0 atom stereocenters. The molecule has 6 heteroatoms. The van der Waals surface area contributed by atoms with Crippen LogP contribution in [0.4, 0.5) is 0 Å². The van der Waals surface area contributed by atoms with E-state index in [0.717, 1.165) is 22.6 Å². The minimum Gasteiger partial charge on any atom is -0.481 e. The molecule has 0 amide bonds. The third-order valence-corrected chi connectivity index (χ3v) is 2.86. The van der Waals surface area contributed by atoms with Crippen molar-refractivity contribution in [1.29, 1.82) is 0 Å². The average molecular weight is 256 g/mol. The Morgan fingerprint density at radius 2 is 2.26 bits per heavy atom. The zero-order valence-electron chi connectivity index (χ0n) is 10.1. The number of aliphatic carboxylic acids is 1. The fourth-order valence-electron chi connectivity index (χ4n) is 1.92. The number of fused-ring (bicyclic) bond motifs is 1. The Labute approximate surface area is 108 Å². The lowest BCUT2D eigenvalue weighted by molar-refractivity contribution is -0.136. The lowest BCUT2D eigenvalue weighted by Crippen LogP contribution is -1.97. The highest BCUT2D eigenvalue weighted by Crippen LogP contribution is 2.16. The van der Waals surface area contributed by atoms with E-state index in [1.807, 2.05) is 30.6 Å². The molecular formula is C13H12N4O2. The molecule has 0 saturated carbocycles. The molecule has 3 heterocycles. The molecule has 0 bridgehead atoms. The molecule has 0 spiro atoms. The summed E-state index contributed by atoms with van der Waals surface area (Å²) in [6.07, 6.45) is 5.98. The minimum absolute atomic E-state index is 0.0779. The third kappa shape index (κ3) is 2.33. The lowest BCUT2D eigenvalue weighted by Gasteiger charge is -1.97. The van der Waals surface area contributed by atoms with Crippen LogP contribution in [0.5, 0.6) is 0 Å². The summed E-state index contributed by atoms with van der Waals surface area (Å²) < 4.78 is 1.68.